The molecule has 3 N–H and O–H groups in total. The lowest BCUT2D eigenvalue weighted by atomic mass is 9.92. The zero-order valence-electron chi connectivity index (χ0n) is 22.0. The van der Waals surface area contributed by atoms with Crippen LogP contribution >= 0.6 is 0 Å². The van der Waals surface area contributed by atoms with E-state index in [2.05, 4.69) is 25.6 Å². The molecule has 0 saturated carbocycles. The van der Waals surface area contributed by atoms with Crippen molar-refractivity contribution >= 4 is 36.0 Å². The van der Waals surface area contributed by atoms with Crippen LogP contribution < -0.4 is 15.4 Å². The van der Waals surface area contributed by atoms with Gasteiger partial charge in [0.1, 0.15) is 30.4 Å². The van der Waals surface area contributed by atoms with Gasteiger partial charge in [0, 0.05) is 18.5 Å². The van der Waals surface area contributed by atoms with Crippen LogP contribution in [0.25, 0.3) is 0 Å². The second-order valence-electron chi connectivity index (χ2n) is 10.6. The number of nitrogens with zero attached hydrogens (tertiary/aromatic N) is 4. The van der Waals surface area contributed by atoms with Crippen LogP contribution in [-0.2, 0) is 9.47 Å². The summed E-state index contributed by atoms with van der Waals surface area (Å²) in [5.41, 5.74) is 1.25. The minimum atomic E-state index is -0.489. The van der Waals surface area contributed by atoms with Crippen molar-refractivity contribution in [2.75, 3.05) is 30.5 Å². The number of piperidine rings is 1. The van der Waals surface area contributed by atoms with E-state index in [1.165, 1.54) is 18.7 Å². The number of amides is 1. The molecule has 0 radical (unpaired) electrons. The third-order valence-corrected chi connectivity index (χ3v) is 6.24. The van der Waals surface area contributed by atoms with Crippen LogP contribution in [-0.4, -0.2) is 71.6 Å². The number of morpholine rings is 1. The number of benzene rings is 1. The van der Waals surface area contributed by atoms with Crippen molar-refractivity contribution in [3.05, 3.63) is 35.9 Å². The molecule has 0 spiro atoms. The molecular formula is C26H34FN7O4. The largest absolute Gasteiger partial charge is 0.474 e. The van der Waals surface area contributed by atoms with Crippen molar-refractivity contribution < 1.29 is 23.4 Å². The lowest BCUT2D eigenvalue weighted by Gasteiger charge is -2.47. The van der Waals surface area contributed by atoms with E-state index in [1.807, 2.05) is 27.7 Å². The molecule has 2 unspecified atom stereocenters. The van der Waals surface area contributed by atoms with Gasteiger partial charge in [-0.2, -0.15) is 0 Å². The number of aliphatic imine (C=N–C) groups is 1. The van der Waals surface area contributed by atoms with Crippen LogP contribution in [0.4, 0.5) is 26.4 Å². The van der Waals surface area contributed by atoms with Gasteiger partial charge in [-0.05, 0) is 30.5 Å². The number of aromatic nitrogens is 2. The minimum absolute atomic E-state index is 0.114. The summed E-state index contributed by atoms with van der Waals surface area (Å²) in [5, 5.41) is 12.7. The summed E-state index contributed by atoms with van der Waals surface area (Å²) in [6.07, 6.45) is 4.22. The number of carbonyl (C=O) groups is 1. The molecule has 12 heteroatoms. The van der Waals surface area contributed by atoms with E-state index in [-0.39, 0.29) is 35.4 Å². The highest BCUT2D eigenvalue weighted by atomic mass is 19.1. The fourth-order valence-corrected chi connectivity index (χ4v) is 4.43. The molecule has 3 heterocycles. The number of fused-ring (bicyclic) bond motifs is 2. The Hall–Kier alpha value is -3.80. The number of hydrogen-bond acceptors (Lipinski definition) is 8. The maximum absolute atomic E-state index is 14.7. The number of ether oxygens (including phenoxy) is 3. The van der Waals surface area contributed by atoms with Gasteiger partial charge in [0.05, 0.1) is 49.5 Å². The first-order valence-corrected chi connectivity index (χ1v) is 12.5. The Morgan fingerprint density at radius 3 is 2.68 bits per heavy atom. The van der Waals surface area contributed by atoms with Crippen LogP contribution in [0, 0.1) is 23.6 Å². The Morgan fingerprint density at radius 1 is 1.29 bits per heavy atom. The molecular weight excluding hydrogens is 493 g/mol. The van der Waals surface area contributed by atoms with E-state index in [1.54, 1.807) is 17.0 Å². The van der Waals surface area contributed by atoms with Crippen molar-refractivity contribution in [3.8, 4) is 5.88 Å². The predicted octanol–water partition coefficient (Wildman–Crippen LogP) is 4.51. The predicted molar refractivity (Wildman–Crippen MR) is 142 cm³/mol. The fourth-order valence-electron chi connectivity index (χ4n) is 4.43. The number of halogens is 1. The van der Waals surface area contributed by atoms with Crippen molar-refractivity contribution in [2.45, 2.75) is 58.7 Å². The second-order valence-corrected chi connectivity index (χ2v) is 10.6. The van der Waals surface area contributed by atoms with Crippen molar-refractivity contribution in [1.82, 2.24) is 14.9 Å². The Kier molecular flexibility index (Phi) is 8.40. The molecule has 2 aromatic rings. The Bertz CT molecular complexity index is 1170. The van der Waals surface area contributed by atoms with Gasteiger partial charge in [0.2, 0.25) is 5.88 Å². The van der Waals surface area contributed by atoms with Crippen molar-refractivity contribution in [1.29, 1.82) is 5.41 Å². The second kappa shape index (κ2) is 11.7. The lowest BCUT2D eigenvalue weighted by Crippen LogP contribution is -2.61. The number of anilines is 3. The van der Waals surface area contributed by atoms with Crippen LogP contribution in [0.5, 0.6) is 5.88 Å². The normalized spacial score (nSPS) is 21.2. The maximum atomic E-state index is 14.7. The summed E-state index contributed by atoms with van der Waals surface area (Å²) >= 11 is 0. The van der Waals surface area contributed by atoms with E-state index >= 15 is 0 Å². The zero-order chi connectivity index (χ0) is 27.3. The average molecular weight is 528 g/mol. The third kappa shape index (κ3) is 6.74. The van der Waals surface area contributed by atoms with Crippen LogP contribution in [0.2, 0.25) is 0 Å². The lowest BCUT2D eigenvalue weighted by molar-refractivity contribution is -0.0928. The average Bonchev–Trinajstić information content (AvgIpc) is 2.85. The molecule has 1 amide bonds. The quantitative estimate of drug-likeness (QED) is 0.337. The highest BCUT2D eigenvalue weighted by molar-refractivity contribution is 5.81. The molecule has 1 aromatic heterocycles. The minimum Gasteiger partial charge on any atom is -0.474 e. The fraction of sp³-hybridized carbons (Fsp3) is 0.500. The zero-order valence-corrected chi connectivity index (χ0v) is 22.0. The smallest absolute Gasteiger partial charge is 0.410 e. The Labute approximate surface area is 221 Å². The van der Waals surface area contributed by atoms with Gasteiger partial charge in [0.25, 0.3) is 0 Å². The van der Waals surface area contributed by atoms with E-state index < -0.39 is 5.82 Å². The molecule has 1 aromatic carbocycles. The van der Waals surface area contributed by atoms with Crippen LogP contribution in [0.1, 0.15) is 39.2 Å². The highest BCUT2D eigenvalue weighted by Crippen LogP contribution is 2.33. The van der Waals surface area contributed by atoms with Gasteiger partial charge >= 0.3 is 6.09 Å². The van der Waals surface area contributed by atoms with Gasteiger partial charge in [-0.1, -0.05) is 20.8 Å². The molecule has 204 valence electrons. The first-order chi connectivity index (χ1) is 18.1. The highest BCUT2D eigenvalue weighted by Gasteiger charge is 2.43. The summed E-state index contributed by atoms with van der Waals surface area (Å²) < 4.78 is 32.3. The summed E-state index contributed by atoms with van der Waals surface area (Å²) in [7, 11) is 0. The summed E-state index contributed by atoms with van der Waals surface area (Å²) in [6.45, 7) is 9.07. The SMILES string of the molecule is Cc1c(Nc2ccc(N/C=N\C=N)cc2F)ncnc1OC1CC2COCC(C1)N2C(=O)OCC(C)(C)C. The number of hydrogen-bond donors (Lipinski definition) is 3. The van der Waals surface area contributed by atoms with Gasteiger partial charge in [-0.15, -0.1) is 0 Å². The first-order valence-electron chi connectivity index (χ1n) is 12.5. The first kappa shape index (κ1) is 27.2. The molecule has 2 saturated heterocycles. The van der Waals surface area contributed by atoms with Crippen molar-refractivity contribution in [3.63, 3.8) is 0 Å². The summed E-state index contributed by atoms with van der Waals surface area (Å²) in [6, 6.07) is 4.27. The van der Waals surface area contributed by atoms with Gasteiger partial charge < -0.3 is 24.8 Å². The Morgan fingerprint density at radius 2 is 2.03 bits per heavy atom. The summed E-state index contributed by atoms with van der Waals surface area (Å²) in [4.78, 5) is 26.8. The monoisotopic (exact) mass is 527 g/mol. The topological polar surface area (TPSA) is 134 Å². The molecule has 38 heavy (non-hydrogen) atoms. The van der Waals surface area contributed by atoms with E-state index in [9.17, 15) is 9.18 Å². The van der Waals surface area contributed by atoms with Crippen LogP contribution in [0.3, 0.4) is 0 Å². The molecule has 2 fully saturated rings. The summed E-state index contributed by atoms with van der Waals surface area (Å²) in [5.74, 6) is 0.334. The molecule has 2 aliphatic heterocycles. The standard InChI is InChI=1S/C26H34FN7O4/c1-16-23(33-22-6-5-17(7-21(22)27)30-14-29-13-28)31-15-32-24(16)38-20-8-18-10-36-11-19(9-20)34(18)25(35)37-12-26(2,3)4/h5-7,13-15,18-20H,8-12H2,1-4H3,(H2,28,29,30)(H,31,32,33). The molecule has 4 rings (SSSR count). The van der Waals surface area contributed by atoms with Crippen LogP contribution in [0.15, 0.2) is 29.5 Å². The van der Waals surface area contributed by atoms with E-state index in [0.717, 1.165) is 6.34 Å². The van der Waals surface area contributed by atoms with E-state index in [0.29, 0.717) is 55.6 Å². The molecule has 11 nitrogen and oxygen atoms in total. The number of carbonyl (C=O) groups excluding carboxylic acids is 1. The molecule has 2 aliphatic rings. The van der Waals surface area contributed by atoms with E-state index in [4.69, 9.17) is 19.6 Å². The number of rotatable bonds is 8. The van der Waals surface area contributed by atoms with Gasteiger partial charge in [-0.25, -0.2) is 24.1 Å². The van der Waals surface area contributed by atoms with Gasteiger partial charge in [0.15, 0.2) is 0 Å². The Balaban J connectivity index is 1.42. The molecule has 2 atom stereocenters. The molecule has 0 aliphatic carbocycles. The third-order valence-electron chi connectivity index (χ3n) is 6.24. The van der Waals surface area contributed by atoms with Gasteiger partial charge in [-0.3, -0.25) is 10.3 Å². The van der Waals surface area contributed by atoms with Crippen molar-refractivity contribution in [2.24, 2.45) is 10.4 Å². The number of nitrogens with one attached hydrogen (secondary N) is 3. The maximum Gasteiger partial charge on any atom is 0.410 e. The molecule has 2 bridgehead atoms.